The van der Waals surface area contributed by atoms with Crippen molar-refractivity contribution in [3.8, 4) is 28.1 Å². The van der Waals surface area contributed by atoms with E-state index in [4.69, 9.17) is 0 Å². The van der Waals surface area contributed by atoms with E-state index in [1.807, 2.05) is 49.4 Å². The highest BCUT2D eigenvalue weighted by atomic mass is 16.3. The Balaban J connectivity index is 2.13. The van der Waals surface area contributed by atoms with E-state index in [2.05, 4.69) is 4.98 Å². The van der Waals surface area contributed by atoms with Gasteiger partial charge in [-0.15, -0.1) is 0 Å². The SMILES string of the molecule is Cc1ccc(-c2cc(O)c(-c3ccccc3)c(=O)[nH]2)cc1. The van der Waals surface area contributed by atoms with Crippen LogP contribution in [0.25, 0.3) is 22.4 Å². The minimum absolute atomic E-state index is 0.0134. The summed E-state index contributed by atoms with van der Waals surface area (Å²) < 4.78 is 0. The average molecular weight is 277 g/mol. The van der Waals surface area contributed by atoms with E-state index in [-0.39, 0.29) is 11.3 Å². The first kappa shape index (κ1) is 13.2. The molecule has 2 N–H and O–H groups in total. The largest absolute Gasteiger partial charge is 0.507 e. The van der Waals surface area contributed by atoms with Crippen LogP contribution in [0, 0.1) is 6.92 Å². The first-order valence-electron chi connectivity index (χ1n) is 6.74. The van der Waals surface area contributed by atoms with Crippen LogP contribution >= 0.6 is 0 Å². The molecule has 0 saturated heterocycles. The van der Waals surface area contributed by atoms with Gasteiger partial charge in [0.25, 0.3) is 5.56 Å². The summed E-state index contributed by atoms with van der Waals surface area (Å²) in [5, 5.41) is 10.2. The molecule has 1 heterocycles. The Morgan fingerprint density at radius 3 is 2.19 bits per heavy atom. The van der Waals surface area contributed by atoms with Gasteiger partial charge in [-0.1, -0.05) is 60.2 Å². The molecule has 0 fully saturated rings. The average Bonchev–Trinajstić information content (AvgIpc) is 2.48. The summed E-state index contributed by atoms with van der Waals surface area (Å²) in [6.45, 7) is 2.00. The number of rotatable bonds is 2. The number of hydrogen-bond donors (Lipinski definition) is 2. The molecule has 2 aromatic carbocycles. The van der Waals surface area contributed by atoms with Gasteiger partial charge in [-0.2, -0.15) is 0 Å². The van der Waals surface area contributed by atoms with Crippen LogP contribution in [0.15, 0.2) is 65.5 Å². The fourth-order valence-electron chi connectivity index (χ4n) is 2.32. The van der Waals surface area contributed by atoms with Crippen molar-refractivity contribution >= 4 is 0 Å². The van der Waals surface area contributed by atoms with E-state index >= 15 is 0 Å². The maximum absolute atomic E-state index is 12.3. The molecule has 0 spiro atoms. The molecule has 0 unspecified atom stereocenters. The Labute approximate surface area is 122 Å². The van der Waals surface area contributed by atoms with Gasteiger partial charge in [0.15, 0.2) is 0 Å². The number of H-pyrrole nitrogens is 1. The van der Waals surface area contributed by atoms with Gasteiger partial charge in [0.2, 0.25) is 0 Å². The van der Waals surface area contributed by atoms with Crippen molar-refractivity contribution in [1.29, 1.82) is 0 Å². The maximum atomic E-state index is 12.3. The number of aryl methyl sites for hydroxylation is 1. The number of pyridine rings is 1. The lowest BCUT2D eigenvalue weighted by molar-refractivity contribution is 0.476. The Kier molecular flexibility index (Phi) is 3.32. The fraction of sp³-hybridized carbons (Fsp3) is 0.0556. The monoisotopic (exact) mass is 277 g/mol. The van der Waals surface area contributed by atoms with Crippen molar-refractivity contribution in [1.82, 2.24) is 4.98 Å². The first-order valence-corrected chi connectivity index (χ1v) is 6.74. The summed E-state index contributed by atoms with van der Waals surface area (Å²) in [6, 6.07) is 18.5. The number of hydrogen-bond acceptors (Lipinski definition) is 2. The second-order valence-corrected chi connectivity index (χ2v) is 5.00. The van der Waals surface area contributed by atoms with Crippen molar-refractivity contribution in [2.75, 3.05) is 0 Å². The highest BCUT2D eigenvalue weighted by Crippen LogP contribution is 2.28. The predicted molar refractivity (Wildman–Crippen MR) is 84.3 cm³/mol. The first-order chi connectivity index (χ1) is 10.1. The van der Waals surface area contributed by atoms with Crippen molar-refractivity contribution < 1.29 is 5.11 Å². The van der Waals surface area contributed by atoms with Crippen molar-refractivity contribution in [2.45, 2.75) is 6.92 Å². The molecule has 0 atom stereocenters. The molecule has 0 saturated carbocycles. The zero-order chi connectivity index (χ0) is 14.8. The lowest BCUT2D eigenvalue weighted by Crippen LogP contribution is -2.10. The zero-order valence-corrected chi connectivity index (χ0v) is 11.6. The number of nitrogens with one attached hydrogen (secondary N) is 1. The lowest BCUT2D eigenvalue weighted by atomic mass is 10.0. The van der Waals surface area contributed by atoms with Gasteiger partial charge in [0, 0.05) is 6.07 Å². The van der Waals surface area contributed by atoms with E-state index < -0.39 is 0 Å². The third kappa shape index (κ3) is 2.58. The van der Waals surface area contributed by atoms with Crippen LogP contribution in [0.4, 0.5) is 0 Å². The van der Waals surface area contributed by atoms with Crippen LogP contribution < -0.4 is 5.56 Å². The van der Waals surface area contributed by atoms with Crippen molar-refractivity contribution in [3.63, 3.8) is 0 Å². The molecule has 0 radical (unpaired) electrons. The zero-order valence-electron chi connectivity index (χ0n) is 11.6. The number of aromatic nitrogens is 1. The highest BCUT2D eigenvalue weighted by molar-refractivity contribution is 5.72. The lowest BCUT2D eigenvalue weighted by Gasteiger charge is -2.07. The summed E-state index contributed by atoms with van der Waals surface area (Å²) >= 11 is 0. The van der Waals surface area contributed by atoms with E-state index in [1.54, 1.807) is 18.2 Å². The standard InChI is InChI=1S/C18H15NO2/c1-12-7-9-13(10-8-12)15-11-16(20)17(18(21)19-15)14-5-3-2-4-6-14/h2-11H,1H3,(H2,19,20,21). The molecule has 3 heteroatoms. The molecular weight excluding hydrogens is 262 g/mol. The molecular formula is C18H15NO2. The Morgan fingerprint density at radius 1 is 0.905 bits per heavy atom. The maximum Gasteiger partial charge on any atom is 0.260 e. The van der Waals surface area contributed by atoms with Gasteiger partial charge in [0.05, 0.1) is 11.3 Å². The normalized spacial score (nSPS) is 10.5. The van der Waals surface area contributed by atoms with E-state index in [0.717, 1.165) is 11.1 Å². The molecule has 3 rings (SSSR count). The molecule has 0 aliphatic carbocycles. The quantitative estimate of drug-likeness (QED) is 0.750. The van der Waals surface area contributed by atoms with Crippen molar-refractivity contribution in [3.05, 3.63) is 76.6 Å². The van der Waals surface area contributed by atoms with Crippen molar-refractivity contribution in [2.24, 2.45) is 0 Å². The third-order valence-corrected chi connectivity index (χ3v) is 3.44. The summed E-state index contributed by atoms with van der Waals surface area (Å²) in [7, 11) is 0. The van der Waals surface area contributed by atoms with E-state index in [1.165, 1.54) is 0 Å². The molecule has 0 amide bonds. The van der Waals surface area contributed by atoms with Crippen LogP contribution in [-0.2, 0) is 0 Å². The predicted octanol–water partition coefficient (Wildman–Crippen LogP) is 3.72. The Hall–Kier alpha value is -2.81. The number of aromatic amines is 1. The molecule has 0 aliphatic rings. The molecule has 3 aromatic rings. The summed E-state index contributed by atoms with van der Waals surface area (Å²) in [4.78, 5) is 15.1. The van der Waals surface area contributed by atoms with Gasteiger partial charge in [-0.3, -0.25) is 4.79 Å². The van der Waals surface area contributed by atoms with Crippen LogP contribution in [0.2, 0.25) is 0 Å². The van der Waals surface area contributed by atoms with Crippen LogP contribution in [0.1, 0.15) is 5.56 Å². The molecule has 0 aliphatic heterocycles. The topological polar surface area (TPSA) is 53.1 Å². The molecule has 21 heavy (non-hydrogen) atoms. The second-order valence-electron chi connectivity index (χ2n) is 5.00. The summed E-state index contributed by atoms with van der Waals surface area (Å²) in [6.07, 6.45) is 0. The highest BCUT2D eigenvalue weighted by Gasteiger charge is 2.11. The fourth-order valence-corrected chi connectivity index (χ4v) is 2.32. The van der Waals surface area contributed by atoms with E-state index in [9.17, 15) is 9.90 Å². The van der Waals surface area contributed by atoms with E-state index in [0.29, 0.717) is 16.8 Å². The summed E-state index contributed by atoms with van der Waals surface area (Å²) in [5.74, 6) is -0.0134. The van der Waals surface area contributed by atoms with Gasteiger partial charge in [0.1, 0.15) is 5.75 Å². The molecule has 3 nitrogen and oxygen atoms in total. The van der Waals surface area contributed by atoms with Crippen LogP contribution in [0.3, 0.4) is 0 Å². The van der Waals surface area contributed by atoms with Gasteiger partial charge >= 0.3 is 0 Å². The van der Waals surface area contributed by atoms with Crippen LogP contribution in [0.5, 0.6) is 5.75 Å². The minimum atomic E-state index is -0.295. The molecule has 0 bridgehead atoms. The second kappa shape index (κ2) is 5.29. The summed E-state index contributed by atoms with van der Waals surface area (Å²) in [5.41, 5.74) is 3.32. The Morgan fingerprint density at radius 2 is 1.57 bits per heavy atom. The van der Waals surface area contributed by atoms with Gasteiger partial charge in [-0.05, 0) is 18.1 Å². The number of aromatic hydroxyl groups is 1. The minimum Gasteiger partial charge on any atom is -0.507 e. The number of benzene rings is 2. The van der Waals surface area contributed by atoms with Gasteiger partial charge < -0.3 is 10.1 Å². The smallest absolute Gasteiger partial charge is 0.260 e. The van der Waals surface area contributed by atoms with Gasteiger partial charge in [-0.25, -0.2) is 0 Å². The Bertz CT molecular complexity index is 818. The van der Waals surface area contributed by atoms with Crippen LogP contribution in [-0.4, -0.2) is 10.1 Å². The molecule has 1 aromatic heterocycles. The third-order valence-electron chi connectivity index (χ3n) is 3.44. The molecule has 104 valence electrons.